The van der Waals surface area contributed by atoms with Crippen molar-refractivity contribution in [2.75, 3.05) is 13.2 Å². The predicted octanol–water partition coefficient (Wildman–Crippen LogP) is 1.95. The highest BCUT2D eigenvalue weighted by Crippen LogP contribution is 2.23. The fourth-order valence-corrected chi connectivity index (χ4v) is 1.94. The molecule has 1 heterocycles. The number of ether oxygens (including phenoxy) is 1. The number of amides is 1. The monoisotopic (exact) mass is 255 g/mol. The predicted molar refractivity (Wildman–Crippen MR) is 64.4 cm³/mol. The van der Waals surface area contributed by atoms with Gasteiger partial charge in [-0.2, -0.15) is 0 Å². The summed E-state index contributed by atoms with van der Waals surface area (Å²) in [6.07, 6.45) is 2.15. The van der Waals surface area contributed by atoms with E-state index in [1.54, 1.807) is 0 Å². The quantitative estimate of drug-likeness (QED) is 0.868. The van der Waals surface area contributed by atoms with Crippen molar-refractivity contribution in [1.82, 2.24) is 5.32 Å². The molecule has 1 aliphatic heterocycles. The lowest BCUT2D eigenvalue weighted by Gasteiger charge is -2.11. The smallest absolute Gasteiger partial charge is 0.251 e. The molecule has 17 heavy (non-hydrogen) atoms. The highest BCUT2D eigenvalue weighted by atomic mass is 35.5. The van der Waals surface area contributed by atoms with Crippen molar-refractivity contribution in [2.24, 2.45) is 0 Å². The fourth-order valence-electron chi connectivity index (χ4n) is 1.76. The van der Waals surface area contributed by atoms with Crippen molar-refractivity contribution in [3.05, 3.63) is 28.8 Å². The van der Waals surface area contributed by atoms with Crippen molar-refractivity contribution < 1.29 is 14.6 Å². The van der Waals surface area contributed by atoms with Gasteiger partial charge in [-0.05, 0) is 31.0 Å². The third-order valence-electron chi connectivity index (χ3n) is 2.72. The van der Waals surface area contributed by atoms with Gasteiger partial charge in [0.1, 0.15) is 5.75 Å². The summed E-state index contributed by atoms with van der Waals surface area (Å²) in [5, 5.41) is 12.2. The summed E-state index contributed by atoms with van der Waals surface area (Å²) in [5.74, 6) is -0.232. The van der Waals surface area contributed by atoms with Crippen molar-refractivity contribution >= 4 is 17.5 Å². The zero-order chi connectivity index (χ0) is 12.3. The van der Waals surface area contributed by atoms with Crippen LogP contribution in [0.4, 0.5) is 0 Å². The highest BCUT2D eigenvalue weighted by molar-refractivity contribution is 6.32. The van der Waals surface area contributed by atoms with Crippen molar-refractivity contribution in [1.29, 1.82) is 0 Å². The molecule has 92 valence electrons. The number of carbonyl (C=O) groups is 1. The molecule has 0 saturated carbocycles. The number of halogens is 1. The molecule has 0 aromatic heterocycles. The van der Waals surface area contributed by atoms with Crippen LogP contribution in [-0.2, 0) is 4.74 Å². The number of hydrogen-bond acceptors (Lipinski definition) is 3. The molecule has 1 aromatic rings. The minimum atomic E-state index is -0.206. The Morgan fingerprint density at radius 2 is 2.41 bits per heavy atom. The SMILES string of the molecule is O=C(NCC1CCCO1)c1ccc(O)c(Cl)c1. The Labute approximate surface area is 105 Å². The number of hydrogen-bond donors (Lipinski definition) is 2. The number of phenols is 1. The largest absolute Gasteiger partial charge is 0.506 e. The molecule has 1 aromatic carbocycles. The Morgan fingerprint density at radius 3 is 3.06 bits per heavy atom. The molecule has 1 aliphatic rings. The summed E-state index contributed by atoms with van der Waals surface area (Å²) in [6.45, 7) is 1.28. The van der Waals surface area contributed by atoms with Crippen LogP contribution >= 0.6 is 11.6 Å². The summed E-state index contributed by atoms with van der Waals surface area (Å²) in [5.41, 5.74) is 0.436. The molecule has 1 saturated heterocycles. The number of nitrogens with one attached hydrogen (secondary N) is 1. The fraction of sp³-hybridized carbons (Fsp3) is 0.417. The van der Waals surface area contributed by atoms with Crippen LogP contribution in [0.5, 0.6) is 5.75 Å². The summed E-state index contributed by atoms with van der Waals surface area (Å²) >= 11 is 5.73. The van der Waals surface area contributed by atoms with Crippen LogP contribution < -0.4 is 5.32 Å². The summed E-state index contributed by atoms with van der Waals surface area (Å²) in [4.78, 5) is 11.8. The second-order valence-corrected chi connectivity index (χ2v) is 4.42. The lowest BCUT2D eigenvalue weighted by atomic mass is 10.2. The van der Waals surface area contributed by atoms with Gasteiger partial charge in [-0.3, -0.25) is 4.79 Å². The van der Waals surface area contributed by atoms with Gasteiger partial charge in [-0.25, -0.2) is 0 Å². The number of aromatic hydroxyl groups is 1. The first-order valence-corrected chi connectivity index (χ1v) is 5.93. The van der Waals surface area contributed by atoms with Crippen LogP contribution in [0, 0.1) is 0 Å². The van der Waals surface area contributed by atoms with E-state index in [-0.39, 0.29) is 22.8 Å². The first-order valence-electron chi connectivity index (χ1n) is 5.55. The topological polar surface area (TPSA) is 58.6 Å². The van der Waals surface area contributed by atoms with E-state index in [4.69, 9.17) is 16.3 Å². The van der Waals surface area contributed by atoms with Gasteiger partial charge < -0.3 is 15.2 Å². The lowest BCUT2D eigenvalue weighted by molar-refractivity contribution is 0.0858. The Kier molecular flexibility index (Phi) is 3.86. The number of phenolic OH excluding ortho intramolecular Hbond substituents is 1. The van der Waals surface area contributed by atoms with E-state index in [0.717, 1.165) is 19.4 Å². The normalized spacial score (nSPS) is 19.2. The minimum absolute atomic E-state index is 0.0256. The maximum absolute atomic E-state index is 11.8. The van der Waals surface area contributed by atoms with Gasteiger partial charge in [-0.15, -0.1) is 0 Å². The standard InChI is InChI=1S/C12H14ClNO3/c13-10-6-8(3-4-11(10)15)12(16)14-7-9-2-1-5-17-9/h3-4,6,9,15H,1-2,5,7H2,(H,14,16). The first-order chi connectivity index (χ1) is 8.16. The van der Waals surface area contributed by atoms with E-state index in [1.165, 1.54) is 18.2 Å². The van der Waals surface area contributed by atoms with Gasteiger partial charge in [0.15, 0.2) is 0 Å². The van der Waals surface area contributed by atoms with Crippen LogP contribution in [0.15, 0.2) is 18.2 Å². The van der Waals surface area contributed by atoms with E-state index in [0.29, 0.717) is 12.1 Å². The molecule has 2 N–H and O–H groups in total. The molecule has 1 amide bonds. The third-order valence-corrected chi connectivity index (χ3v) is 3.03. The zero-order valence-corrected chi connectivity index (χ0v) is 10.0. The minimum Gasteiger partial charge on any atom is -0.506 e. The maximum Gasteiger partial charge on any atom is 0.251 e. The average molecular weight is 256 g/mol. The molecular weight excluding hydrogens is 242 g/mol. The molecule has 1 fully saturated rings. The van der Waals surface area contributed by atoms with Crippen LogP contribution in [-0.4, -0.2) is 30.3 Å². The van der Waals surface area contributed by atoms with Crippen LogP contribution in [0.3, 0.4) is 0 Å². The average Bonchev–Trinajstić information content (AvgIpc) is 2.82. The van der Waals surface area contributed by atoms with E-state index in [2.05, 4.69) is 5.32 Å². The van der Waals surface area contributed by atoms with E-state index in [1.807, 2.05) is 0 Å². The molecule has 5 heteroatoms. The van der Waals surface area contributed by atoms with Gasteiger partial charge in [0.05, 0.1) is 11.1 Å². The van der Waals surface area contributed by atoms with Gasteiger partial charge in [0.25, 0.3) is 5.91 Å². The van der Waals surface area contributed by atoms with Crippen LogP contribution in [0.1, 0.15) is 23.2 Å². The van der Waals surface area contributed by atoms with Gasteiger partial charge >= 0.3 is 0 Å². The molecule has 1 unspecified atom stereocenters. The second kappa shape index (κ2) is 5.38. The number of carbonyl (C=O) groups excluding carboxylic acids is 1. The van der Waals surface area contributed by atoms with Crippen molar-refractivity contribution in [3.63, 3.8) is 0 Å². The van der Waals surface area contributed by atoms with E-state index < -0.39 is 0 Å². The Morgan fingerprint density at radius 1 is 1.59 bits per heavy atom. The van der Waals surface area contributed by atoms with Gasteiger partial charge in [0.2, 0.25) is 0 Å². The lowest BCUT2D eigenvalue weighted by Crippen LogP contribution is -2.31. The third kappa shape index (κ3) is 3.11. The maximum atomic E-state index is 11.8. The Bertz CT molecular complexity index is 416. The summed E-state index contributed by atoms with van der Waals surface area (Å²) in [6, 6.07) is 4.39. The first kappa shape index (κ1) is 12.2. The molecule has 4 nitrogen and oxygen atoms in total. The van der Waals surface area contributed by atoms with E-state index >= 15 is 0 Å². The Hall–Kier alpha value is -1.26. The number of benzene rings is 1. The molecule has 0 spiro atoms. The second-order valence-electron chi connectivity index (χ2n) is 4.01. The van der Waals surface area contributed by atoms with Crippen molar-refractivity contribution in [2.45, 2.75) is 18.9 Å². The molecule has 2 rings (SSSR count). The molecular formula is C12H14ClNO3. The highest BCUT2D eigenvalue weighted by Gasteiger charge is 2.16. The van der Waals surface area contributed by atoms with Crippen LogP contribution in [0.2, 0.25) is 5.02 Å². The van der Waals surface area contributed by atoms with E-state index in [9.17, 15) is 9.90 Å². The molecule has 1 atom stereocenters. The molecule has 0 radical (unpaired) electrons. The summed E-state index contributed by atoms with van der Waals surface area (Å²) < 4.78 is 5.40. The molecule has 0 bridgehead atoms. The van der Waals surface area contributed by atoms with Crippen LogP contribution in [0.25, 0.3) is 0 Å². The summed E-state index contributed by atoms with van der Waals surface area (Å²) in [7, 11) is 0. The number of rotatable bonds is 3. The van der Waals surface area contributed by atoms with Gasteiger partial charge in [0, 0.05) is 18.7 Å². The zero-order valence-electron chi connectivity index (χ0n) is 9.28. The Balaban J connectivity index is 1.92. The van der Waals surface area contributed by atoms with Crippen molar-refractivity contribution in [3.8, 4) is 5.75 Å². The molecule has 0 aliphatic carbocycles. The van der Waals surface area contributed by atoms with Gasteiger partial charge in [-0.1, -0.05) is 11.6 Å².